The van der Waals surface area contributed by atoms with Crippen molar-refractivity contribution in [3.05, 3.63) is 35.4 Å². The van der Waals surface area contributed by atoms with E-state index in [1.54, 1.807) is 0 Å². The summed E-state index contributed by atoms with van der Waals surface area (Å²) in [5.74, 6) is 0.315. The largest absolute Gasteiger partial charge is 0.379 e. The Hall–Kier alpha value is -1.97. The topological polar surface area (TPSA) is 85.2 Å². The number of ether oxygens (including phenoxy) is 1. The summed E-state index contributed by atoms with van der Waals surface area (Å²) < 4.78 is 7.28. The summed E-state index contributed by atoms with van der Waals surface area (Å²) in [6.07, 6.45) is 4.68. The average Bonchev–Trinajstić information content (AvgIpc) is 3.44. The molecule has 1 aromatic heterocycles. The van der Waals surface area contributed by atoms with Crippen molar-refractivity contribution in [3.63, 3.8) is 0 Å². The highest BCUT2D eigenvalue weighted by Crippen LogP contribution is 2.31. The lowest BCUT2D eigenvalue weighted by Crippen LogP contribution is -2.35. The third-order valence-electron chi connectivity index (χ3n) is 5.49. The number of tetrazole rings is 1. The van der Waals surface area contributed by atoms with Crippen molar-refractivity contribution in [1.29, 1.82) is 0 Å². The molecule has 1 saturated heterocycles. The molecular weight excluding hydrogens is 388 g/mol. The van der Waals surface area contributed by atoms with Gasteiger partial charge in [0.1, 0.15) is 0 Å². The van der Waals surface area contributed by atoms with Crippen LogP contribution in [0.15, 0.2) is 29.4 Å². The van der Waals surface area contributed by atoms with Crippen LogP contribution in [0.4, 0.5) is 0 Å². The van der Waals surface area contributed by atoms with Crippen molar-refractivity contribution in [2.45, 2.75) is 50.0 Å². The zero-order valence-corrected chi connectivity index (χ0v) is 17.4. The lowest BCUT2D eigenvalue weighted by molar-refractivity contribution is -0.118. The number of hydrogen-bond acceptors (Lipinski definition) is 7. The number of morpholine rings is 1. The number of thioether (sulfide) groups is 1. The van der Waals surface area contributed by atoms with Crippen molar-refractivity contribution < 1.29 is 9.53 Å². The Bertz CT molecular complexity index is 785. The zero-order valence-electron chi connectivity index (χ0n) is 16.6. The normalized spacial score (nSPS) is 18.2. The first-order chi connectivity index (χ1) is 14.3. The first kappa shape index (κ1) is 20.3. The van der Waals surface area contributed by atoms with E-state index in [1.165, 1.54) is 30.2 Å². The van der Waals surface area contributed by atoms with Crippen LogP contribution in [-0.2, 0) is 22.6 Å². The minimum absolute atomic E-state index is 0.00614. The predicted octanol–water partition coefficient (Wildman–Crippen LogP) is 2.03. The van der Waals surface area contributed by atoms with E-state index in [0.717, 1.165) is 56.4 Å². The standard InChI is InChI=1S/C20H28N6O2S/c27-19(15-29-20-22-23-24-26(20)18-3-1-2-4-18)21-13-16-5-7-17(8-6-16)14-25-9-11-28-12-10-25/h5-8,18H,1-4,9-15H2,(H,21,27). The quantitative estimate of drug-likeness (QED) is 0.659. The van der Waals surface area contributed by atoms with Crippen LogP contribution in [0.1, 0.15) is 42.9 Å². The van der Waals surface area contributed by atoms with Gasteiger partial charge in [0.05, 0.1) is 25.0 Å². The summed E-state index contributed by atoms with van der Waals surface area (Å²) in [5.41, 5.74) is 2.39. The highest BCUT2D eigenvalue weighted by atomic mass is 32.2. The second kappa shape index (κ2) is 10.2. The van der Waals surface area contributed by atoms with Crippen LogP contribution in [0.2, 0.25) is 0 Å². The second-order valence-corrected chi connectivity index (χ2v) is 8.56. The number of carbonyl (C=O) groups excluding carboxylic acids is 1. The molecule has 4 rings (SSSR count). The maximum Gasteiger partial charge on any atom is 0.230 e. The maximum atomic E-state index is 12.2. The lowest BCUT2D eigenvalue weighted by Gasteiger charge is -2.26. The molecule has 9 heteroatoms. The van der Waals surface area contributed by atoms with E-state index in [-0.39, 0.29) is 5.91 Å². The molecule has 0 radical (unpaired) electrons. The third-order valence-corrected chi connectivity index (χ3v) is 6.42. The Labute approximate surface area is 175 Å². The summed E-state index contributed by atoms with van der Waals surface area (Å²) in [4.78, 5) is 14.6. The molecule has 0 bridgehead atoms. The summed E-state index contributed by atoms with van der Waals surface area (Å²) >= 11 is 1.40. The second-order valence-electron chi connectivity index (χ2n) is 7.61. The van der Waals surface area contributed by atoms with Gasteiger partial charge >= 0.3 is 0 Å². The summed E-state index contributed by atoms with van der Waals surface area (Å²) in [5, 5.41) is 15.7. The molecule has 2 aliphatic rings. The Balaban J connectivity index is 1.20. The van der Waals surface area contributed by atoms with Gasteiger partial charge < -0.3 is 10.1 Å². The lowest BCUT2D eigenvalue weighted by atomic mass is 10.1. The number of benzene rings is 1. The molecule has 1 saturated carbocycles. The van der Waals surface area contributed by atoms with Crippen LogP contribution in [0, 0.1) is 0 Å². The predicted molar refractivity (Wildman–Crippen MR) is 110 cm³/mol. The molecule has 1 aliphatic heterocycles. The fourth-order valence-corrected chi connectivity index (χ4v) is 4.59. The number of nitrogens with one attached hydrogen (secondary N) is 1. The van der Waals surface area contributed by atoms with E-state index in [9.17, 15) is 4.79 Å². The van der Waals surface area contributed by atoms with Crippen molar-refractivity contribution in [3.8, 4) is 0 Å². The molecule has 1 aliphatic carbocycles. The Morgan fingerprint density at radius 3 is 2.62 bits per heavy atom. The van der Waals surface area contributed by atoms with Gasteiger partial charge in [-0.1, -0.05) is 48.9 Å². The van der Waals surface area contributed by atoms with Gasteiger partial charge in [-0.3, -0.25) is 9.69 Å². The Morgan fingerprint density at radius 2 is 1.86 bits per heavy atom. The maximum absolute atomic E-state index is 12.2. The molecule has 1 amide bonds. The van der Waals surface area contributed by atoms with Crippen LogP contribution < -0.4 is 5.32 Å². The number of hydrogen-bond donors (Lipinski definition) is 1. The van der Waals surface area contributed by atoms with Gasteiger partial charge in [0.15, 0.2) is 0 Å². The number of carbonyl (C=O) groups is 1. The highest BCUT2D eigenvalue weighted by molar-refractivity contribution is 7.99. The molecule has 2 heterocycles. The molecular formula is C20H28N6O2S. The zero-order chi connectivity index (χ0) is 19.9. The van der Waals surface area contributed by atoms with Crippen LogP contribution >= 0.6 is 11.8 Å². The molecule has 156 valence electrons. The SMILES string of the molecule is O=C(CSc1nnnn1C1CCCC1)NCc1ccc(CN2CCOCC2)cc1. The number of amides is 1. The smallest absolute Gasteiger partial charge is 0.230 e. The monoisotopic (exact) mass is 416 g/mol. The van der Waals surface area contributed by atoms with Crippen molar-refractivity contribution in [1.82, 2.24) is 30.4 Å². The third kappa shape index (κ3) is 5.77. The van der Waals surface area contributed by atoms with Gasteiger partial charge in [-0.05, 0) is 34.4 Å². The molecule has 29 heavy (non-hydrogen) atoms. The van der Waals surface area contributed by atoms with E-state index in [0.29, 0.717) is 18.3 Å². The van der Waals surface area contributed by atoms with E-state index >= 15 is 0 Å². The van der Waals surface area contributed by atoms with Crippen LogP contribution in [0.5, 0.6) is 0 Å². The minimum atomic E-state index is -0.00614. The van der Waals surface area contributed by atoms with Gasteiger partial charge in [0, 0.05) is 26.2 Å². The number of aromatic nitrogens is 4. The molecule has 0 atom stereocenters. The first-order valence-corrected chi connectivity index (χ1v) is 11.3. The van der Waals surface area contributed by atoms with Crippen LogP contribution in [0.25, 0.3) is 0 Å². The van der Waals surface area contributed by atoms with E-state index in [1.807, 2.05) is 4.68 Å². The molecule has 2 aromatic rings. The molecule has 1 aromatic carbocycles. The molecule has 0 spiro atoms. The van der Waals surface area contributed by atoms with Gasteiger partial charge in [-0.15, -0.1) is 5.10 Å². The number of rotatable bonds is 8. The van der Waals surface area contributed by atoms with Crippen LogP contribution in [-0.4, -0.2) is 63.1 Å². The molecule has 1 N–H and O–H groups in total. The van der Waals surface area contributed by atoms with Crippen molar-refractivity contribution >= 4 is 17.7 Å². The van der Waals surface area contributed by atoms with Crippen molar-refractivity contribution in [2.75, 3.05) is 32.1 Å². The number of nitrogens with zero attached hydrogens (tertiary/aromatic N) is 5. The Morgan fingerprint density at radius 1 is 1.14 bits per heavy atom. The van der Waals surface area contributed by atoms with Gasteiger partial charge in [0.25, 0.3) is 0 Å². The molecule has 0 unspecified atom stereocenters. The fourth-order valence-electron chi connectivity index (χ4n) is 3.82. The van der Waals surface area contributed by atoms with Gasteiger partial charge in [-0.2, -0.15) is 0 Å². The molecule has 2 fully saturated rings. The van der Waals surface area contributed by atoms with Gasteiger partial charge in [0.2, 0.25) is 11.1 Å². The van der Waals surface area contributed by atoms with E-state index < -0.39 is 0 Å². The summed E-state index contributed by atoms with van der Waals surface area (Å²) in [6.45, 7) is 5.08. The Kier molecular flexibility index (Phi) is 7.13. The average molecular weight is 417 g/mol. The highest BCUT2D eigenvalue weighted by Gasteiger charge is 2.22. The fraction of sp³-hybridized carbons (Fsp3) is 0.600. The summed E-state index contributed by atoms with van der Waals surface area (Å²) in [7, 11) is 0. The first-order valence-electron chi connectivity index (χ1n) is 10.3. The van der Waals surface area contributed by atoms with E-state index in [4.69, 9.17) is 4.74 Å². The van der Waals surface area contributed by atoms with Gasteiger partial charge in [-0.25, -0.2) is 4.68 Å². The summed E-state index contributed by atoms with van der Waals surface area (Å²) in [6, 6.07) is 8.84. The van der Waals surface area contributed by atoms with Crippen LogP contribution in [0.3, 0.4) is 0 Å². The minimum Gasteiger partial charge on any atom is -0.379 e. The van der Waals surface area contributed by atoms with Crippen molar-refractivity contribution in [2.24, 2.45) is 0 Å². The van der Waals surface area contributed by atoms with E-state index in [2.05, 4.69) is 50.0 Å². The molecule has 8 nitrogen and oxygen atoms in total.